The fraction of sp³-hybridized carbons (Fsp3) is 0.471. The average molecular weight is 377 g/mol. The maximum Gasteiger partial charge on any atom is 0.251 e. The van der Waals surface area contributed by atoms with Crippen molar-refractivity contribution in [3.05, 3.63) is 40.7 Å². The highest BCUT2D eigenvalue weighted by molar-refractivity contribution is 6.32. The van der Waals surface area contributed by atoms with E-state index in [1.807, 2.05) is 0 Å². The molecule has 1 fully saturated rings. The number of ether oxygens (including phenoxy) is 1. The second-order valence-electron chi connectivity index (χ2n) is 5.63. The van der Waals surface area contributed by atoms with E-state index in [2.05, 4.69) is 5.32 Å². The number of nitrogens with one attached hydrogen (secondary N) is 1. The smallest absolute Gasteiger partial charge is 0.251 e. The van der Waals surface area contributed by atoms with E-state index in [0.29, 0.717) is 11.3 Å². The minimum Gasteiger partial charge on any atom is -0.485 e. The molecule has 1 aromatic carbocycles. The van der Waals surface area contributed by atoms with Crippen molar-refractivity contribution in [1.29, 1.82) is 0 Å². The summed E-state index contributed by atoms with van der Waals surface area (Å²) in [5, 5.41) is 3.31. The highest BCUT2D eigenvalue weighted by atomic mass is 35.5. The van der Waals surface area contributed by atoms with Crippen molar-refractivity contribution in [2.45, 2.75) is 38.1 Å². The van der Waals surface area contributed by atoms with Gasteiger partial charge >= 0.3 is 0 Å². The molecule has 2 rings (SSSR count). The van der Waals surface area contributed by atoms with Crippen LogP contribution in [0.15, 0.2) is 30.1 Å². The van der Waals surface area contributed by atoms with Crippen LogP contribution in [0, 0.1) is 0 Å². The van der Waals surface area contributed by atoms with Crippen molar-refractivity contribution in [1.82, 2.24) is 5.32 Å². The minimum absolute atomic E-state index is 0. The molecule has 0 bridgehead atoms. The summed E-state index contributed by atoms with van der Waals surface area (Å²) in [7, 11) is 0. The van der Waals surface area contributed by atoms with Crippen LogP contribution in [0.25, 0.3) is 0 Å². The van der Waals surface area contributed by atoms with Crippen LogP contribution in [0.2, 0.25) is 5.02 Å². The van der Waals surface area contributed by atoms with E-state index in [-0.39, 0.29) is 42.5 Å². The summed E-state index contributed by atoms with van der Waals surface area (Å²) in [6, 6.07) is 4.98. The predicted octanol–water partition coefficient (Wildman–Crippen LogP) is 4.02. The van der Waals surface area contributed by atoms with E-state index in [0.717, 1.165) is 25.7 Å². The van der Waals surface area contributed by atoms with Crippen LogP contribution in [-0.2, 0) is 0 Å². The molecule has 0 unspecified atom stereocenters. The molecule has 0 aliphatic heterocycles. The van der Waals surface area contributed by atoms with Gasteiger partial charge in [0.15, 0.2) is 0 Å². The third kappa shape index (κ3) is 6.30. The lowest BCUT2D eigenvalue weighted by atomic mass is 9.95. The molecular formula is C17H23Cl2FN2O2. The Morgan fingerprint density at radius 2 is 2.08 bits per heavy atom. The number of halogens is 3. The van der Waals surface area contributed by atoms with Crippen molar-refractivity contribution < 1.29 is 13.9 Å². The number of nitrogens with two attached hydrogens (primary N) is 1. The number of hydrogen-bond acceptors (Lipinski definition) is 3. The van der Waals surface area contributed by atoms with Gasteiger partial charge in [-0.05, 0) is 37.1 Å². The van der Waals surface area contributed by atoms with Crippen LogP contribution in [0.5, 0.6) is 5.75 Å². The van der Waals surface area contributed by atoms with Crippen molar-refractivity contribution in [2.75, 3.05) is 13.2 Å². The first-order valence-corrected chi connectivity index (χ1v) is 8.25. The standard InChI is InChI=1S/C17H22ClFN2O2.ClH/c18-15-10-12(17(22)21-14-4-2-1-3-5-14)6-7-16(15)23-11-13(19)8-9-20;/h6-8,10,14H,1-5,9,11,20H2,(H,21,22);1H/b13-8-;. The van der Waals surface area contributed by atoms with Gasteiger partial charge in [-0.3, -0.25) is 4.79 Å². The molecule has 1 saturated carbocycles. The lowest BCUT2D eigenvalue weighted by molar-refractivity contribution is 0.0927. The largest absolute Gasteiger partial charge is 0.485 e. The van der Waals surface area contributed by atoms with E-state index in [1.54, 1.807) is 18.2 Å². The van der Waals surface area contributed by atoms with Crippen LogP contribution in [0.3, 0.4) is 0 Å². The topological polar surface area (TPSA) is 64.3 Å². The highest BCUT2D eigenvalue weighted by Crippen LogP contribution is 2.26. The Morgan fingerprint density at radius 1 is 1.38 bits per heavy atom. The zero-order chi connectivity index (χ0) is 16.7. The summed E-state index contributed by atoms with van der Waals surface area (Å²) in [6.45, 7) is -0.117. The van der Waals surface area contributed by atoms with Gasteiger partial charge in [-0.25, -0.2) is 4.39 Å². The Labute approximate surface area is 153 Å². The van der Waals surface area contributed by atoms with Crippen LogP contribution in [0.1, 0.15) is 42.5 Å². The quantitative estimate of drug-likeness (QED) is 0.787. The molecule has 134 valence electrons. The van der Waals surface area contributed by atoms with E-state index >= 15 is 0 Å². The molecule has 0 spiro atoms. The first-order chi connectivity index (χ1) is 11.1. The molecule has 24 heavy (non-hydrogen) atoms. The van der Waals surface area contributed by atoms with Crippen molar-refractivity contribution in [3.8, 4) is 5.75 Å². The molecule has 1 aliphatic carbocycles. The lowest BCUT2D eigenvalue weighted by Crippen LogP contribution is -2.36. The Kier molecular flexibility index (Phi) is 9.11. The average Bonchev–Trinajstić information content (AvgIpc) is 2.55. The maximum atomic E-state index is 13.2. The van der Waals surface area contributed by atoms with Gasteiger partial charge in [0.2, 0.25) is 0 Å². The van der Waals surface area contributed by atoms with Crippen LogP contribution >= 0.6 is 24.0 Å². The SMILES string of the molecule is Cl.NC/C=C(\F)COc1ccc(C(=O)NC2CCCCC2)cc1Cl. The van der Waals surface area contributed by atoms with Crippen molar-refractivity contribution in [3.63, 3.8) is 0 Å². The fourth-order valence-electron chi connectivity index (χ4n) is 2.61. The number of carbonyl (C=O) groups excluding carboxylic acids is 1. The second kappa shape index (κ2) is 10.5. The van der Waals surface area contributed by atoms with Crippen LogP contribution in [0.4, 0.5) is 4.39 Å². The molecule has 4 nitrogen and oxygen atoms in total. The summed E-state index contributed by atoms with van der Waals surface area (Å²) < 4.78 is 18.5. The third-order valence-electron chi connectivity index (χ3n) is 3.84. The van der Waals surface area contributed by atoms with E-state index in [9.17, 15) is 9.18 Å². The summed E-state index contributed by atoms with van der Waals surface area (Å²) >= 11 is 6.11. The van der Waals surface area contributed by atoms with Gasteiger partial charge in [-0.15, -0.1) is 12.4 Å². The Bertz CT molecular complexity index is 576. The molecular weight excluding hydrogens is 354 g/mol. The lowest BCUT2D eigenvalue weighted by Gasteiger charge is -2.22. The Hall–Kier alpha value is -1.30. The molecule has 1 aromatic rings. The molecule has 0 heterocycles. The first-order valence-electron chi connectivity index (χ1n) is 7.88. The highest BCUT2D eigenvalue weighted by Gasteiger charge is 2.17. The molecule has 0 aromatic heterocycles. The van der Waals surface area contributed by atoms with Gasteiger partial charge in [-0.1, -0.05) is 30.9 Å². The summed E-state index contributed by atoms with van der Waals surface area (Å²) in [4.78, 5) is 12.2. The molecule has 0 saturated heterocycles. The summed E-state index contributed by atoms with van der Waals surface area (Å²) in [5.41, 5.74) is 5.69. The normalized spacial score (nSPS) is 15.5. The number of rotatable bonds is 6. The van der Waals surface area contributed by atoms with Gasteiger partial charge in [0.25, 0.3) is 5.91 Å². The summed E-state index contributed by atoms with van der Waals surface area (Å²) in [5.74, 6) is -0.260. The fourth-order valence-corrected chi connectivity index (χ4v) is 2.84. The number of amides is 1. The molecule has 0 atom stereocenters. The van der Waals surface area contributed by atoms with E-state index in [1.165, 1.54) is 12.5 Å². The van der Waals surface area contributed by atoms with E-state index in [4.69, 9.17) is 22.1 Å². The Balaban J connectivity index is 0.00000288. The number of benzene rings is 1. The van der Waals surface area contributed by atoms with E-state index < -0.39 is 5.83 Å². The molecule has 3 N–H and O–H groups in total. The van der Waals surface area contributed by atoms with Gasteiger partial charge < -0.3 is 15.8 Å². The maximum absolute atomic E-state index is 13.2. The third-order valence-corrected chi connectivity index (χ3v) is 4.13. The molecule has 1 aliphatic rings. The zero-order valence-corrected chi connectivity index (χ0v) is 15.0. The predicted molar refractivity (Wildman–Crippen MR) is 96.8 cm³/mol. The number of hydrogen-bond donors (Lipinski definition) is 2. The van der Waals surface area contributed by atoms with Crippen LogP contribution < -0.4 is 15.8 Å². The van der Waals surface area contributed by atoms with Gasteiger partial charge in [0.1, 0.15) is 18.2 Å². The van der Waals surface area contributed by atoms with Gasteiger partial charge in [0.05, 0.1) is 5.02 Å². The van der Waals surface area contributed by atoms with Crippen LogP contribution in [-0.4, -0.2) is 25.1 Å². The Morgan fingerprint density at radius 3 is 2.71 bits per heavy atom. The van der Waals surface area contributed by atoms with Crippen molar-refractivity contribution >= 4 is 29.9 Å². The first kappa shape index (κ1) is 20.7. The van der Waals surface area contributed by atoms with Gasteiger partial charge in [0, 0.05) is 18.2 Å². The molecule has 0 radical (unpaired) electrons. The molecule has 7 heteroatoms. The number of carbonyl (C=O) groups is 1. The molecule has 1 amide bonds. The minimum atomic E-state index is -0.456. The van der Waals surface area contributed by atoms with Gasteiger partial charge in [-0.2, -0.15) is 0 Å². The zero-order valence-electron chi connectivity index (χ0n) is 13.4. The van der Waals surface area contributed by atoms with Crippen molar-refractivity contribution in [2.24, 2.45) is 5.73 Å². The second-order valence-corrected chi connectivity index (χ2v) is 6.04. The monoisotopic (exact) mass is 376 g/mol. The summed E-state index contributed by atoms with van der Waals surface area (Å²) in [6.07, 6.45) is 6.82.